The van der Waals surface area contributed by atoms with Crippen LogP contribution < -0.4 is 4.90 Å². The molecule has 0 aliphatic carbocycles. The van der Waals surface area contributed by atoms with Crippen molar-refractivity contribution in [2.24, 2.45) is 5.92 Å². The van der Waals surface area contributed by atoms with Crippen LogP contribution in [-0.2, 0) is 0 Å². The number of anilines is 1. The van der Waals surface area contributed by atoms with E-state index in [1.807, 2.05) is 6.07 Å². The van der Waals surface area contributed by atoms with E-state index in [2.05, 4.69) is 49.1 Å². The van der Waals surface area contributed by atoms with Crippen LogP contribution in [0.15, 0.2) is 30.3 Å². The van der Waals surface area contributed by atoms with Gasteiger partial charge in [-0.05, 0) is 44.7 Å². The van der Waals surface area contributed by atoms with Gasteiger partial charge in [-0.15, -0.1) is 0 Å². The molecule has 1 unspecified atom stereocenters. The lowest BCUT2D eigenvalue weighted by Gasteiger charge is -2.49. The van der Waals surface area contributed by atoms with Crippen molar-refractivity contribution in [2.75, 3.05) is 11.4 Å². The molecule has 1 aromatic rings. The third kappa shape index (κ3) is 2.29. The second kappa shape index (κ2) is 4.79. The predicted molar refractivity (Wildman–Crippen MR) is 70.8 cm³/mol. The topological polar surface area (TPSA) is 27.0 Å². The van der Waals surface area contributed by atoms with Crippen molar-refractivity contribution in [1.29, 1.82) is 5.26 Å². The number of hydrogen-bond acceptors (Lipinski definition) is 2. The van der Waals surface area contributed by atoms with E-state index < -0.39 is 0 Å². The van der Waals surface area contributed by atoms with Crippen LogP contribution in [0.2, 0.25) is 0 Å². The second-order valence-electron chi connectivity index (χ2n) is 5.34. The highest BCUT2D eigenvalue weighted by molar-refractivity contribution is 5.49. The number of hydrogen-bond donors (Lipinski definition) is 0. The first kappa shape index (κ1) is 12.0. The quantitative estimate of drug-likeness (QED) is 0.773. The van der Waals surface area contributed by atoms with Gasteiger partial charge >= 0.3 is 0 Å². The van der Waals surface area contributed by atoms with E-state index in [9.17, 15) is 0 Å². The molecule has 1 aliphatic rings. The van der Waals surface area contributed by atoms with Gasteiger partial charge in [0.15, 0.2) is 0 Å². The summed E-state index contributed by atoms with van der Waals surface area (Å²) in [5.41, 5.74) is 1.36. The Morgan fingerprint density at radius 3 is 2.71 bits per heavy atom. The average Bonchev–Trinajstić information content (AvgIpc) is 2.33. The minimum atomic E-state index is 0.0787. The van der Waals surface area contributed by atoms with Crippen molar-refractivity contribution in [3.05, 3.63) is 30.3 Å². The Kier molecular flexibility index (Phi) is 3.38. The van der Waals surface area contributed by atoms with Gasteiger partial charge in [-0.3, -0.25) is 0 Å². The summed E-state index contributed by atoms with van der Waals surface area (Å²) in [4.78, 5) is 2.46. The summed E-state index contributed by atoms with van der Waals surface area (Å²) < 4.78 is 0. The van der Waals surface area contributed by atoms with E-state index in [1.54, 1.807) is 0 Å². The van der Waals surface area contributed by atoms with Crippen LogP contribution in [0.5, 0.6) is 0 Å². The molecule has 0 spiro atoms. The molecule has 0 radical (unpaired) electrons. The Bertz CT molecular complexity index is 403. The zero-order valence-corrected chi connectivity index (χ0v) is 10.7. The molecule has 2 nitrogen and oxygen atoms in total. The van der Waals surface area contributed by atoms with Crippen molar-refractivity contribution in [1.82, 2.24) is 0 Å². The van der Waals surface area contributed by atoms with Crippen molar-refractivity contribution in [2.45, 2.75) is 38.6 Å². The van der Waals surface area contributed by atoms with Gasteiger partial charge in [-0.25, -0.2) is 0 Å². The molecule has 0 aromatic heterocycles. The van der Waals surface area contributed by atoms with E-state index in [4.69, 9.17) is 5.26 Å². The number of nitrogens with zero attached hydrogens (tertiary/aromatic N) is 2. The zero-order valence-electron chi connectivity index (χ0n) is 10.7. The fourth-order valence-corrected chi connectivity index (χ4v) is 2.89. The Morgan fingerprint density at radius 1 is 1.35 bits per heavy atom. The Hall–Kier alpha value is -1.49. The van der Waals surface area contributed by atoms with Crippen LogP contribution in [0.25, 0.3) is 0 Å². The third-order valence-electron chi connectivity index (χ3n) is 4.03. The van der Waals surface area contributed by atoms with E-state index in [0.717, 1.165) is 6.54 Å². The summed E-state index contributed by atoms with van der Waals surface area (Å²) in [7, 11) is 0. The van der Waals surface area contributed by atoms with Gasteiger partial charge in [-0.1, -0.05) is 18.2 Å². The molecule has 1 heterocycles. The Balaban J connectivity index is 2.26. The predicted octanol–water partition coefficient (Wildman–Crippen LogP) is 3.60. The van der Waals surface area contributed by atoms with Crippen LogP contribution in [0.3, 0.4) is 0 Å². The van der Waals surface area contributed by atoms with E-state index >= 15 is 0 Å². The van der Waals surface area contributed by atoms with Gasteiger partial charge in [0.1, 0.15) is 0 Å². The molecule has 2 heteroatoms. The highest BCUT2D eigenvalue weighted by Gasteiger charge is 2.38. The number of nitriles is 1. The average molecular weight is 228 g/mol. The molecule has 1 aromatic carbocycles. The maximum Gasteiger partial charge on any atom is 0.0625 e. The molecular formula is C15H20N2. The smallest absolute Gasteiger partial charge is 0.0625 e. The molecule has 90 valence electrons. The maximum atomic E-state index is 8.94. The van der Waals surface area contributed by atoms with Crippen LogP contribution in [0, 0.1) is 17.2 Å². The lowest BCUT2D eigenvalue weighted by molar-refractivity contribution is 0.242. The summed E-state index contributed by atoms with van der Waals surface area (Å²) in [6, 6.07) is 12.9. The van der Waals surface area contributed by atoms with E-state index in [0.29, 0.717) is 12.3 Å². The minimum Gasteiger partial charge on any atom is -0.366 e. The van der Waals surface area contributed by atoms with Gasteiger partial charge in [0.05, 0.1) is 6.07 Å². The van der Waals surface area contributed by atoms with Gasteiger partial charge < -0.3 is 4.90 Å². The molecule has 0 saturated carbocycles. The molecule has 1 aliphatic heterocycles. The lowest BCUT2D eigenvalue weighted by Crippen LogP contribution is -2.53. The van der Waals surface area contributed by atoms with Crippen LogP contribution >= 0.6 is 0 Å². The maximum absolute atomic E-state index is 8.94. The number of piperidine rings is 1. The molecule has 2 rings (SSSR count). The fraction of sp³-hybridized carbons (Fsp3) is 0.533. The van der Waals surface area contributed by atoms with Gasteiger partial charge in [0, 0.05) is 24.2 Å². The summed E-state index contributed by atoms with van der Waals surface area (Å²) in [5, 5.41) is 8.94. The number of benzene rings is 1. The van der Waals surface area contributed by atoms with Crippen LogP contribution in [0.4, 0.5) is 5.69 Å². The molecule has 0 bridgehead atoms. The SMILES string of the molecule is CC1(C)C(CC#N)CCCN1c1ccccc1. The second-order valence-corrected chi connectivity index (χ2v) is 5.34. The molecule has 0 amide bonds. The van der Waals surface area contributed by atoms with Crippen molar-refractivity contribution in [3.63, 3.8) is 0 Å². The lowest BCUT2D eigenvalue weighted by atomic mass is 9.77. The summed E-state index contributed by atoms with van der Waals surface area (Å²) in [5.74, 6) is 0.474. The first-order valence-electron chi connectivity index (χ1n) is 6.36. The zero-order chi connectivity index (χ0) is 12.3. The summed E-state index contributed by atoms with van der Waals surface area (Å²) >= 11 is 0. The Morgan fingerprint density at radius 2 is 2.06 bits per heavy atom. The number of para-hydroxylation sites is 1. The fourth-order valence-electron chi connectivity index (χ4n) is 2.89. The number of rotatable bonds is 2. The molecule has 0 N–H and O–H groups in total. The standard InChI is InChI=1S/C15H20N2/c1-15(2)13(10-11-16)7-6-12-17(15)14-8-4-3-5-9-14/h3-5,8-9,13H,6-7,10,12H2,1-2H3. The van der Waals surface area contributed by atoms with Crippen LogP contribution in [0.1, 0.15) is 33.1 Å². The first-order valence-corrected chi connectivity index (χ1v) is 6.36. The third-order valence-corrected chi connectivity index (χ3v) is 4.03. The van der Waals surface area contributed by atoms with Crippen molar-refractivity contribution in [3.8, 4) is 6.07 Å². The minimum absolute atomic E-state index is 0.0787. The highest BCUT2D eigenvalue weighted by atomic mass is 15.2. The van der Waals surface area contributed by atoms with Gasteiger partial charge in [0.2, 0.25) is 0 Å². The monoisotopic (exact) mass is 228 g/mol. The highest BCUT2D eigenvalue weighted by Crippen LogP contribution is 2.38. The van der Waals surface area contributed by atoms with E-state index in [1.165, 1.54) is 18.5 Å². The molecule has 1 saturated heterocycles. The summed E-state index contributed by atoms with van der Waals surface area (Å²) in [6.45, 7) is 5.63. The normalized spacial score (nSPS) is 23.1. The van der Waals surface area contributed by atoms with Crippen molar-refractivity contribution < 1.29 is 0 Å². The first-order chi connectivity index (χ1) is 8.16. The van der Waals surface area contributed by atoms with Crippen LogP contribution in [-0.4, -0.2) is 12.1 Å². The largest absolute Gasteiger partial charge is 0.366 e. The molecule has 1 atom stereocenters. The summed E-state index contributed by atoms with van der Waals surface area (Å²) in [6.07, 6.45) is 3.02. The molecule has 17 heavy (non-hydrogen) atoms. The van der Waals surface area contributed by atoms with Gasteiger partial charge in [-0.2, -0.15) is 5.26 Å². The Labute approximate surface area is 104 Å². The molecular weight excluding hydrogens is 208 g/mol. The molecule has 1 fully saturated rings. The van der Waals surface area contributed by atoms with Gasteiger partial charge in [0.25, 0.3) is 0 Å². The van der Waals surface area contributed by atoms with Crippen molar-refractivity contribution >= 4 is 5.69 Å². The van der Waals surface area contributed by atoms with E-state index in [-0.39, 0.29) is 5.54 Å².